The first kappa shape index (κ1) is 14.4. The molecule has 0 fully saturated rings. The molecule has 0 aliphatic heterocycles. The summed E-state index contributed by atoms with van der Waals surface area (Å²) in [7, 11) is 0. The maximum atomic E-state index is 10.6. The third-order valence-electron chi connectivity index (χ3n) is 2.58. The average molecular weight is 304 g/mol. The summed E-state index contributed by atoms with van der Waals surface area (Å²) in [4.78, 5) is 12.5. The molecule has 0 amide bonds. The standard InChI is InChI=1S/C15H10ClNO2S/c16-14-8-13(6-3-11(14)9-17)20-12-4-1-10(2-5-12)7-15(18)19/h1-6,8H,7H2,(H,18,19). The number of aliphatic carboxylic acids is 1. The predicted octanol–water partition coefficient (Wildman–Crippen LogP) is 3.99. The molecule has 0 bridgehead atoms. The molecule has 5 heteroatoms. The van der Waals surface area contributed by atoms with Crippen molar-refractivity contribution in [3.05, 3.63) is 58.6 Å². The highest BCUT2D eigenvalue weighted by Gasteiger charge is 2.04. The molecule has 2 aromatic rings. The highest BCUT2D eigenvalue weighted by Crippen LogP contribution is 2.30. The van der Waals surface area contributed by atoms with Gasteiger partial charge in [0.1, 0.15) is 6.07 Å². The lowest BCUT2D eigenvalue weighted by molar-refractivity contribution is -0.136. The van der Waals surface area contributed by atoms with Crippen molar-refractivity contribution in [2.24, 2.45) is 0 Å². The van der Waals surface area contributed by atoms with Gasteiger partial charge in [-0.05, 0) is 35.9 Å². The maximum absolute atomic E-state index is 10.6. The van der Waals surface area contributed by atoms with Crippen LogP contribution < -0.4 is 0 Å². The molecule has 0 aliphatic rings. The Bertz CT molecular complexity index is 677. The van der Waals surface area contributed by atoms with Gasteiger partial charge in [-0.3, -0.25) is 4.79 Å². The van der Waals surface area contributed by atoms with E-state index in [0.29, 0.717) is 10.6 Å². The Morgan fingerprint density at radius 2 is 1.85 bits per heavy atom. The van der Waals surface area contributed by atoms with E-state index in [9.17, 15) is 4.79 Å². The predicted molar refractivity (Wildman–Crippen MR) is 78.1 cm³/mol. The van der Waals surface area contributed by atoms with Crippen molar-refractivity contribution in [1.82, 2.24) is 0 Å². The summed E-state index contributed by atoms with van der Waals surface area (Å²) in [5, 5.41) is 17.9. The van der Waals surface area contributed by atoms with Gasteiger partial charge in [0, 0.05) is 9.79 Å². The summed E-state index contributed by atoms with van der Waals surface area (Å²) in [6, 6.07) is 14.6. The van der Waals surface area contributed by atoms with E-state index >= 15 is 0 Å². The number of benzene rings is 2. The molecule has 20 heavy (non-hydrogen) atoms. The summed E-state index contributed by atoms with van der Waals surface area (Å²) in [6.45, 7) is 0. The number of carboxylic acid groups (broad SMARTS) is 1. The number of hydrogen-bond donors (Lipinski definition) is 1. The van der Waals surface area contributed by atoms with Crippen LogP contribution in [0.1, 0.15) is 11.1 Å². The quantitative estimate of drug-likeness (QED) is 0.927. The topological polar surface area (TPSA) is 61.1 Å². The number of rotatable bonds is 4. The Hall–Kier alpha value is -1.96. The fourth-order valence-electron chi connectivity index (χ4n) is 1.64. The molecule has 1 N–H and O–H groups in total. The molecule has 100 valence electrons. The van der Waals surface area contributed by atoms with Crippen molar-refractivity contribution in [1.29, 1.82) is 5.26 Å². The highest BCUT2D eigenvalue weighted by atomic mass is 35.5. The second kappa shape index (κ2) is 6.47. The van der Waals surface area contributed by atoms with E-state index in [1.807, 2.05) is 24.3 Å². The zero-order valence-corrected chi connectivity index (χ0v) is 11.9. The van der Waals surface area contributed by atoms with E-state index in [-0.39, 0.29) is 6.42 Å². The molecule has 0 aliphatic carbocycles. The summed E-state index contributed by atoms with van der Waals surface area (Å²) >= 11 is 7.48. The minimum atomic E-state index is -0.843. The van der Waals surface area contributed by atoms with Gasteiger partial charge in [0.15, 0.2) is 0 Å². The van der Waals surface area contributed by atoms with Crippen LogP contribution in [0.2, 0.25) is 5.02 Å². The molecule has 0 atom stereocenters. The van der Waals surface area contributed by atoms with Crippen molar-refractivity contribution in [3.63, 3.8) is 0 Å². The minimum Gasteiger partial charge on any atom is -0.481 e. The molecule has 3 nitrogen and oxygen atoms in total. The molecule has 0 heterocycles. The third-order valence-corrected chi connectivity index (χ3v) is 3.89. The Morgan fingerprint density at radius 1 is 1.20 bits per heavy atom. The van der Waals surface area contributed by atoms with Gasteiger partial charge >= 0.3 is 5.97 Å². The normalized spacial score (nSPS) is 10.0. The highest BCUT2D eigenvalue weighted by molar-refractivity contribution is 7.99. The van der Waals surface area contributed by atoms with Crippen molar-refractivity contribution in [3.8, 4) is 6.07 Å². The maximum Gasteiger partial charge on any atom is 0.307 e. The van der Waals surface area contributed by atoms with Gasteiger partial charge < -0.3 is 5.11 Å². The Morgan fingerprint density at radius 3 is 2.40 bits per heavy atom. The molecule has 0 saturated heterocycles. The molecule has 0 unspecified atom stereocenters. The summed E-state index contributed by atoms with van der Waals surface area (Å²) < 4.78 is 0. The number of nitriles is 1. The van der Waals surface area contributed by atoms with E-state index in [4.69, 9.17) is 22.0 Å². The lowest BCUT2D eigenvalue weighted by atomic mass is 10.2. The monoisotopic (exact) mass is 303 g/mol. The van der Waals surface area contributed by atoms with Crippen LogP contribution in [0.3, 0.4) is 0 Å². The van der Waals surface area contributed by atoms with E-state index in [0.717, 1.165) is 15.4 Å². The molecule has 0 aromatic heterocycles. The van der Waals surface area contributed by atoms with E-state index in [2.05, 4.69) is 0 Å². The molecular weight excluding hydrogens is 294 g/mol. The van der Waals surface area contributed by atoms with Gasteiger partial charge in [-0.15, -0.1) is 0 Å². The average Bonchev–Trinajstić information content (AvgIpc) is 2.41. The second-order valence-corrected chi connectivity index (χ2v) is 5.62. The lowest BCUT2D eigenvalue weighted by Gasteiger charge is -2.04. The summed E-state index contributed by atoms with van der Waals surface area (Å²) in [5.41, 5.74) is 1.22. The van der Waals surface area contributed by atoms with Gasteiger partial charge in [-0.25, -0.2) is 0 Å². The Balaban J connectivity index is 2.12. The van der Waals surface area contributed by atoms with Crippen molar-refractivity contribution >= 4 is 29.3 Å². The zero-order valence-electron chi connectivity index (χ0n) is 10.3. The van der Waals surface area contributed by atoms with Crippen LogP contribution in [-0.2, 0) is 11.2 Å². The van der Waals surface area contributed by atoms with Crippen LogP contribution >= 0.6 is 23.4 Å². The van der Waals surface area contributed by atoms with E-state index < -0.39 is 5.97 Å². The molecule has 0 radical (unpaired) electrons. The first-order chi connectivity index (χ1) is 9.58. The second-order valence-electron chi connectivity index (χ2n) is 4.07. The van der Waals surface area contributed by atoms with Crippen molar-refractivity contribution < 1.29 is 9.90 Å². The van der Waals surface area contributed by atoms with Crippen LogP contribution in [0, 0.1) is 11.3 Å². The smallest absolute Gasteiger partial charge is 0.307 e. The fraction of sp³-hybridized carbons (Fsp3) is 0.0667. The van der Waals surface area contributed by atoms with Crippen LogP contribution in [-0.4, -0.2) is 11.1 Å². The fourth-order valence-corrected chi connectivity index (χ4v) is 2.78. The minimum absolute atomic E-state index is 0.0215. The molecule has 0 saturated carbocycles. The molecule has 2 aromatic carbocycles. The molecule has 2 rings (SSSR count). The van der Waals surface area contributed by atoms with Gasteiger partial charge in [-0.1, -0.05) is 35.5 Å². The van der Waals surface area contributed by atoms with E-state index in [1.165, 1.54) is 11.8 Å². The van der Waals surface area contributed by atoms with Crippen LogP contribution in [0.5, 0.6) is 0 Å². The number of hydrogen-bond acceptors (Lipinski definition) is 3. The van der Waals surface area contributed by atoms with Gasteiger partial charge in [-0.2, -0.15) is 5.26 Å². The van der Waals surface area contributed by atoms with Crippen molar-refractivity contribution in [2.75, 3.05) is 0 Å². The van der Waals surface area contributed by atoms with Crippen LogP contribution in [0.25, 0.3) is 0 Å². The summed E-state index contributed by atoms with van der Waals surface area (Å²) in [5.74, 6) is -0.843. The van der Waals surface area contributed by atoms with Gasteiger partial charge in [0.2, 0.25) is 0 Å². The zero-order chi connectivity index (χ0) is 14.5. The molecule has 0 spiro atoms. The van der Waals surface area contributed by atoms with E-state index in [1.54, 1.807) is 24.3 Å². The van der Waals surface area contributed by atoms with Crippen LogP contribution in [0.4, 0.5) is 0 Å². The van der Waals surface area contributed by atoms with Gasteiger partial charge in [0.05, 0.1) is 17.0 Å². The van der Waals surface area contributed by atoms with Gasteiger partial charge in [0.25, 0.3) is 0 Å². The third kappa shape index (κ3) is 3.77. The first-order valence-electron chi connectivity index (χ1n) is 5.77. The van der Waals surface area contributed by atoms with Crippen LogP contribution in [0.15, 0.2) is 52.3 Å². The van der Waals surface area contributed by atoms with Crippen molar-refractivity contribution in [2.45, 2.75) is 16.2 Å². The Labute approximate surface area is 125 Å². The number of carboxylic acids is 1. The molecular formula is C15H10ClNO2S. The largest absolute Gasteiger partial charge is 0.481 e. The first-order valence-corrected chi connectivity index (χ1v) is 6.96. The number of nitrogens with zero attached hydrogens (tertiary/aromatic N) is 1. The lowest BCUT2D eigenvalue weighted by Crippen LogP contribution is -1.99. The SMILES string of the molecule is N#Cc1ccc(Sc2ccc(CC(=O)O)cc2)cc1Cl. The number of halogens is 1. The number of carbonyl (C=O) groups is 1. The Kier molecular flexibility index (Phi) is 4.67. The summed E-state index contributed by atoms with van der Waals surface area (Å²) in [6.07, 6.45) is 0.0215.